The summed E-state index contributed by atoms with van der Waals surface area (Å²) < 4.78 is 6.06. The molecule has 0 aliphatic carbocycles. The second kappa shape index (κ2) is 8.76. The van der Waals surface area contributed by atoms with Gasteiger partial charge in [-0.15, -0.1) is 0 Å². The normalized spacial score (nSPS) is 19.5. The van der Waals surface area contributed by atoms with E-state index >= 15 is 0 Å². The summed E-state index contributed by atoms with van der Waals surface area (Å²) >= 11 is 5.73. The molecule has 2 atom stereocenters. The third-order valence-electron chi connectivity index (χ3n) is 5.73. The monoisotopic (exact) mass is 423 g/mol. The lowest BCUT2D eigenvalue weighted by Gasteiger charge is -2.37. The molecule has 1 aliphatic heterocycles. The minimum absolute atomic E-state index is 0.0192. The highest BCUT2D eigenvalue weighted by atomic mass is 32.1. The van der Waals surface area contributed by atoms with Gasteiger partial charge in [0.2, 0.25) is 0 Å². The molecule has 0 radical (unpaired) electrons. The van der Waals surface area contributed by atoms with Gasteiger partial charge >= 0.3 is 0 Å². The molecule has 0 spiro atoms. The molecule has 1 heterocycles. The van der Waals surface area contributed by atoms with E-state index in [1.807, 2.05) is 36.4 Å². The highest BCUT2D eigenvalue weighted by molar-refractivity contribution is 7.80. The van der Waals surface area contributed by atoms with Crippen molar-refractivity contribution in [3.8, 4) is 5.75 Å². The Labute approximate surface area is 186 Å². The number of thiocarbonyl (C=S) groups is 1. The highest BCUT2D eigenvalue weighted by Crippen LogP contribution is 2.34. The predicted octanol–water partition coefficient (Wildman–Crippen LogP) is 5.61. The highest BCUT2D eigenvalue weighted by Gasteiger charge is 2.45. The number of rotatable bonds is 6. The van der Waals surface area contributed by atoms with E-state index in [1.54, 1.807) is 0 Å². The molecule has 1 N–H and O–H groups in total. The zero-order valence-electron chi connectivity index (χ0n) is 18.8. The molecule has 0 aromatic heterocycles. The smallest absolute Gasteiger partial charge is 0.175 e. The van der Waals surface area contributed by atoms with E-state index in [2.05, 4.69) is 76.0 Å². The molecule has 0 unspecified atom stereocenters. The van der Waals surface area contributed by atoms with E-state index in [1.165, 1.54) is 5.56 Å². The topological polar surface area (TPSA) is 36.9 Å². The van der Waals surface area contributed by atoms with E-state index in [0.717, 1.165) is 11.6 Å². The van der Waals surface area contributed by atoms with Gasteiger partial charge in [0.25, 0.3) is 0 Å². The van der Waals surface area contributed by atoms with Crippen LogP contribution in [0.15, 0.2) is 65.7 Å². The first kappa shape index (κ1) is 22.3. The van der Waals surface area contributed by atoms with Gasteiger partial charge in [0, 0.05) is 0 Å². The molecule has 2 aromatic rings. The maximum absolute atomic E-state index is 6.06. The summed E-state index contributed by atoms with van der Waals surface area (Å²) in [4.78, 5) is 7.39. The van der Waals surface area contributed by atoms with E-state index in [-0.39, 0.29) is 23.0 Å². The molecule has 1 aliphatic rings. The van der Waals surface area contributed by atoms with Crippen molar-refractivity contribution in [3.63, 3.8) is 0 Å². The summed E-state index contributed by atoms with van der Waals surface area (Å²) in [5.41, 5.74) is 0.832. The standard InChI is InChI=1S/C25H33N3OS/c1-18(19-13-9-7-10-14-19)28-23(30)27-22(25(28,5)6)26-21(24(2,3)4)17-29-20-15-11-8-12-16-20/h7-16,18,21H,17H2,1-6H3,(H,26,27,30)/t18-,21+/m0/s1. The Hall–Kier alpha value is -2.40. The Morgan fingerprint density at radius 3 is 2.17 bits per heavy atom. The number of para-hydroxylation sites is 1. The number of aliphatic imine (C=N–C) groups is 1. The Balaban J connectivity index is 1.85. The van der Waals surface area contributed by atoms with Crippen LogP contribution in [0.25, 0.3) is 0 Å². The maximum Gasteiger partial charge on any atom is 0.175 e. The number of hydrogen-bond donors (Lipinski definition) is 1. The number of hydrogen-bond acceptors (Lipinski definition) is 3. The van der Waals surface area contributed by atoms with Gasteiger partial charge in [-0.25, -0.2) is 0 Å². The van der Waals surface area contributed by atoms with Gasteiger partial charge in [-0.05, 0) is 56.1 Å². The zero-order chi connectivity index (χ0) is 21.9. The van der Waals surface area contributed by atoms with E-state index in [4.69, 9.17) is 21.9 Å². The lowest BCUT2D eigenvalue weighted by molar-refractivity contribution is 0.203. The summed E-state index contributed by atoms with van der Waals surface area (Å²) in [6, 6.07) is 20.5. The first-order chi connectivity index (χ1) is 14.1. The van der Waals surface area contributed by atoms with Crippen molar-refractivity contribution in [3.05, 3.63) is 66.2 Å². The number of ether oxygens (including phenoxy) is 1. The van der Waals surface area contributed by atoms with Gasteiger partial charge < -0.3 is 15.0 Å². The summed E-state index contributed by atoms with van der Waals surface area (Å²) in [5.74, 6) is 1.76. The lowest BCUT2D eigenvalue weighted by atomic mass is 9.87. The fourth-order valence-corrected chi connectivity index (χ4v) is 4.22. The number of nitrogens with one attached hydrogen (secondary N) is 1. The molecular formula is C25H33N3OS. The first-order valence-electron chi connectivity index (χ1n) is 10.5. The third-order valence-corrected chi connectivity index (χ3v) is 6.03. The molecule has 0 amide bonds. The molecular weight excluding hydrogens is 390 g/mol. The molecule has 0 saturated carbocycles. The summed E-state index contributed by atoms with van der Waals surface area (Å²) in [6.07, 6.45) is 0. The molecule has 160 valence electrons. The average Bonchev–Trinajstić information content (AvgIpc) is 2.93. The molecule has 2 aromatic carbocycles. The molecule has 3 rings (SSSR count). The van der Waals surface area contributed by atoms with Crippen LogP contribution in [0.4, 0.5) is 0 Å². The van der Waals surface area contributed by atoms with Crippen LogP contribution in [0.2, 0.25) is 0 Å². The summed E-state index contributed by atoms with van der Waals surface area (Å²) in [7, 11) is 0. The van der Waals surface area contributed by atoms with Crippen LogP contribution >= 0.6 is 12.2 Å². The fourth-order valence-electron chi connectivity index (χ4n) is 3.74. The molecule has 30 heavy (non-hydrogen) atoms. The van der Waals surface area contributed by atoms with Crippen molar-refractivity contribution in [2.24, 2.45) is 10.4 Å². The van der Waals surface area contributed by atoms with Crippen LogP contribution in [-0.2, 0) is 0 Å². The fraction of sp³-hybridized carbons (Fsp3) is 0.440. The predicted molar refractivity (Wildman–Crippen MR) is 129 cm³/mol. The Morgan fingerprint density at radius 1 is 1.03 bits per heavy atom. The second-order valence-corrected chi connectivity index (χ2v) is 9.82. The van der Waals surface area contributed by atoms with Crippen molar-refractivity contribution in [2.75, 3.05) is 6.61 Å². The van der Waals surface area contributed by atoms with Gasteiger partial charge in [0.05, 0.1) is 17.6 Å². The first-order valence-corrected chi connectivity index (χ1v) is 10.9. The Kier molecular flexibility index (Phi) is 6.51. The van der Waals surface area contributed by atoms with Crippen molar-refractivity contribution < 1.29 is 4.74 Å². The van der Waals surface area contributed by atoms with Gasteiger partial charge in [-0.2, -0.15) is 0 Å². The van der Waals surface area contributed by atoms with Crippen LogP contribution in [0, 0.1) is 5.41 Å². The number of nitrogens with zero attached hydrogens (tertiary/aromatic N) is 2. The van der Waals surface area contributed by atoms with Gasteiger partial charge in [-0.1, -0.05) is 69.3 Å². The van der Waals surface area contributed by atoms with Gasteiger partial charge in [0.15, 0.2) is 5.11 Å². The van der Waals surface area contributed by atoms with Crippen molar-refractivity contribution in [1.29, 1.82) is 0 Å². The average molecular weight is 424 g/mol. The molecule has 1 fully saturated rings. The van der Waals surface area contributed by atoms with Crippen molar-refractivity contribution in [1.82, 2.24) is 10.2 Å². The summed E-state index contributed by atoms with van der Waals surface area (Å²) in [5, 5.41) is 4.11. The van der Waals surface area contributed by atoms with Crippen LogP contribution in [0.1, 0.15) is 53.1 Å². The Bertz CT molecular complexity index is 888. The SMILES string of the molecule is C[C@@H](c1ccccc1)N1C(=S)NC(=N[C@H](COc2ccccc2)C(C)(C)C)C1(C)C. The second-order valence-electron chi connectivity index (χ2n) is 9.43. The minimum atomic E-state index is -0.345. The van der Waals surface area contributed by atoms with Crippen molar-refractivity contribution in [2.45, 2.75) is 59.2 Å². The quantitative estimate of drug-likeness (QED) is 0.613. The third kappa shape index (κ3) is 4.84. The van der Waals surface area contributed by atoms with E-state index < -0.39 is 0 Å². The number of amidine groups is 1. The van der Waals surface area contributed by atoms with Gasteiger partial charge in [-0.3, -0.25) is 4.99 Å². The van der Waals surface area contributed by atoms with E-state index in [0.29, 0.717) is 11.7 Å². The minimum Gasteiger partial charge on any atom is -0.491 e. The van der Waals surface area contributed by atoms with E-state index in [9.17, 15) is 0 Å². The van der Waals surface area contributed by atoms with Crippen LogP contribution in [-0.4, -0.2) is 34.0 Å². The largest absolute Gasteiger partial charge is 0.491 e. The van der Waals surface area contributed by atoms with Gasteiger partial charge in [0.1, 0.15) is 18.2 Å². The number of benzene rings is 2. The van der Waals surface area contributed by atoms with Crippen LogP contribution in [0.5, 0.6) is 5.75 Å². The lowest BCUT2D eigenvalue weighted by Crippen LogP contribution is -2.46. The molecule has 4 nitrogen and oxygen atoms in total. The zero-order valence-corrected chi connectivity index (χ0v) is 19.7. The maximum atomic E-state index is 6.06. The molecule has 1 saturated heterocycles. The van der Waals surface area contributed by atoms with Crippen LogP contribution < -0.4 is 10.1 Å². The summed E-state index contributed by atoms with van der Waals surface area (Å²) in [6.45, 7) is 13.6. The Morgan fingerprint density at radius 2 is 1.60 bits per heavy atom. The molecule has 5 heteroatoms. The van der Waals surface area contributed by atoms with Crippen molar-refractivity contribution >= 4 is 23.2 Å². The van der Waals surface area contributed by atoms with Crippen LogP contribution in [0.3, 0.4) is 0 Å². The molecule has 0 bridgehead atoms.